The molecule has 1 fully saturated rings. The molecule has 2 aromatic heterocycles. The van der Waals surface area contributed by atoms with E-state index in [-0.39, 0.29) is 11.9 Å². The molecule has 3 heterocycles. The van der Waals surface area contributed by atoms with Crippen molar-refractivity contribution >= 4 is 45.7 Å². The van der Waals surface area contributed by atoms with E-state index in [1.54, 1.807) is 12.3 Å². The molecule has 0 spiro atoms. The van der Waals surface area contributed by atoms with Crippen LogP contribution in [0.15, 0.2) is 30.5 Å². The fraction of sp³-hybridized carbons (Fsp3) is 0.316. The van der Waals surface area contributed by atoms with E-state index in [1.165, 1.54) is 0 Å². The Morgan fingerprint density at radius 2 is 2.07 bits per heavy atom. The van der Waals surface area contributed by atoms with Crippen molar-refractivity contribution in [3.8, 4) is 0 Å². The summed E-state index contributed by atoms with van der Waals surface area (Å²) in [5, 5.41) is 9.57. The maximum absolute atomic E-state index is 12.6. The van der Waals surface area contributed by atoms with E-state index >= 15 is 0 Å². The van der Waals surface area contributed by atoms with Gasteiger partial charge in [-0.15, -0.1) is 0 Å². The number of rotatable bonds is 4. The number of nitrogens with one attached hydrogen (secondary N) is 1. The van der Waals surface area contributed by atoms with Gasteiger partial charge in [0.25, 0.3) is 5.91 Å². The van der Waals surface area contributed by atoms with Crippen molar-refractivity contribution in [2.24, 2.45) is 0 Å². The summed E-state index contributed by atoms with van der Waals surface area (Å²) in [5.41, 5.74) is 3.46. The van der Waals surface area contributed by atoms with Crippen molar-refractivity contribution in [3.05, 3.63) is 51.9 Å². The quantitative estimate of drug-likeness (QED) is 0.674. The average molecular weight is 404 g/mol. The van der Waals surface area contributed by atoms with Gasteiger partial charge < -0.3 is 10.2 Å². The Kier molecular flexibility index (Phi) is 4.70. The first-order valence-corrected chi connectivity index (χ1v) is 9.56. The first-order chi connectivity index (χ1) is 13.0. The van der Waals surface area contributed by atoms with Gasteiger partial charge in [-0.25, -0.2) is 4.98 Å². The maximum Gasteiger partial charge on any atom is 0.251 e. The predicted molar refractivity (Wildman–Crippen MR) is 108 cm³/mol. The van der Waals surface area contributed by atoms with Gasteiger partial charge in [0, 0.05) is 48.5 Å². The van der Waals surface area contributed by atoms with Crippen molar-refractivity contribution < 1.29 is 4.79 Å². The van der Waals surface area contributed by atoms with Crippen LogP contribution < -0.4 is 10.2 Å². The summed E-state index contributed by atoms with van der Waals surface area (Å²) in [4.78, 5) is 18.7. The number of pyridine rings is 1. The van der Waals surface area contributed by atoms with Gasteiger partial charge in [0.2, 0.25) is 0 Å². The van der Waals surface area contributed by atoms with E-state index in [0.29, 0.717) is 28.8 Å². The van der Waals surface area contributed by atoms with Gasteiger partial charge in [-0.1, -0.05) is 23.2 Å². The van der Waals surface area contributed by atoms with Gasteiger partial charge in [-0.05, 0) is 32.0 Å². The predicted octanol–water partition coefficient (Wildman–Crippen LogP) is 3.69. The summed E-state index contributed by atoms with van der Waals surface area (Å²) in [6.45, 7) is 6.24. The summed E-state index contributed by atoms with van der Waals surface area (Å²) in [7, 11) is 0. The smallest absolute Gasteiger partial charge is 0.251 e. The van der Waals surface area contributed by atoms with Gasteiger partial charge in [0.05, 0.1) is 22.3 Å². The molecule has 0 saturated carbocycles. The summed E-state index contributed by atoms with van der Waals surface area (Å²) in [5.74, 6) is -0.0796. The van der Waals surface area contributed by atoms with Crippen LogP contribution in [-0.4, -0.2) is 39.8 Å². The highest BCUT2D eigenvalue weighted by Gasteiger charge is 2.30. The second-order valence-corrected chi connectivity index (χ2v) is 7.46. The molecule has 1 saturated heterocycles. The summed E-state index contributed by atoms with van der Waals surface area (Å²) >= 11 is 12.1. The van der Waals surface area contributed by atoms with E-state index in [2.05, 4.69) is 27.2 Å². The largest absolute Gasteiger partial charge is 0.366 e. The Labute approximate surface area is 167 Å². The second kappa shape index (κ2) is 7.02. The lowest BCUT2D eigenvalue weighted by Crippen LogP contribution is -2.59. The molecule has 1 aliphatic heterocycles. The van der Waals surface area contributed by atoms with E-state index in [1.807, 2.05) is 29.8 Å². The number of aromatic nitrogens is 3. The Morgan fingerprint density at radius 3 is 2.81 bits per heavy atom. The average Bonchev–Trinajstić information content (AvgIpc) is 2.95. The molecule has 0 unspecified atom stereocenters. The molecule has 0 atom stereocenters. The topological polar surface area (TPSA) is 63.1 Å². The van der Waals surface area contributed by atoms with Gasteiger partial charge in [0.1, 0.15) is 5.15 Å². The number of hydrogen-bond donors (Lipinski definition) is 1. The molecule has 1 aliphatic rings. The zero-order chi connectivity index (χ0) is 19.1. The maximum atomic E-state index is 12.6. The number of halogens is 2. The number of carbonyl (C=O) groups excluding carboxylic acids is 1. The van der Waals surface area contributed by atoms with Gasteiger partial charge in [-0.2, -0.15) is 5.10 Å². The number of nitrogens with zero attached hydrogens (tertiary/aromatic N) is 4. The monoisotopic (exact) mass is 403 g/mol. The molecule has 3 aromatic rings. The highest BCUT2D eigenvalue weighted by Crippen LogP contribution is 2.30. The fourth-order valence-electron chi connectivity index (χ4n) is 3.39. The van der Waals surface area contributed by atoms with Crippen LogP contribution in [0.3, 0.4) is 0 Å². The second-order valence-electron chi connectivity index (χ2n) is 6.67. The van der Waals surface area contributed by atoms with Crippen molar-refractivity contribution in [2.45, 2.75) is 26.4 Å². The van der Waals surface area contributed by atoms with Gasteiger partial charge in [0.15, 0.2) is 0 Å². The third-order valence-corrected chi connectivity index (χ3v) is 5.42. The number of hydrogen-bond acceptors (Lipinski definition) is 4. The van der Waals surface area contributed by atoms with Crippen molar-refractivity contribution in [2.75, 3.05) is 18.0 Å². The minimum absolute atomic E-state index is 0.0654. The highest BCUT2D eigenvalue weighted by atomic mass is 35.5. The molecule has 4 rings (SSSR count). The van der Waals surface area contributed by atoms with Crippen molar-refractivity contribution in [1.29, 1.82) is 0 Å². The van der Waals surface area contributed by atoms with E-state index in [9.17, 15) is 4.79 Å². The number of fused-ring (bicyclic) bond motifs is 1. The Bertz CT molecular complexity index is 1030. The number of amides is 1. The fourth-order valence-corrected chi connectivity index (χ4v) is 3.76. The Morgan fingerprint density at radius 1 is 1.30 bits per heavy atom. The molecule has 0 aliphatic carbocycles. The number of benzene rings is 1. The van der Waals surface area contributed by atoms with E-state index < -0.39 is 0 Å². The lowest BCUT2D eigenvalue weighted by molar-refractivity contribution is 0.0930. The summed E-state index contributed by atoms with van der Waals surface area (Å²) in [6.07, 6.45) is 1.54. The molecule has 1 amide bonds. The minimum atomic E-state index is -0.0796. The van der Waals surface area contributed by atoms with Gasteiger partial charge >= 0.3 is 0 Å². The number of carbonyl (C=O) groups is 1. The third kappa shape index (κ3) is 3.35. The van der Waals surface area contributed by atoms with Crippen LogP contribution in [0, 0.1) is 6.92 Å². The lowest BCUT2D eigenvalue weighted by atomic mass is 10.1. The number of aryl methyl sites for hydroxylation is 2. The lowest BCUT2D eigenvalue weighted by Gasteiger charge is -2.41. The van der Waals surface area contributed by atoms with Crippen LogP contribution in [0.5, 0.6) is 0 Å². The zero-order valence-electron chi connectivity index (χ0n) is 15.0. The summed E-state index contributed by atoms with van der Waals surface area (Å²) < 4.78 is 1.94. The normalized spacial score (nSPS) is 14.4. The van der Waals surface area contributed by atoms with Crippen LogP contribution in [-0.2, 0) is 6.54 Å². The van der Waals surface area contributed by atoms with Crippen LogP contribution in [0.25, 0.3) is 10.9 Å². The number of anilines is 1. The summed E-state index contributed by atoms with van der Waals surface area (Å²) in [6, 6.07) is 7.43. The first-order valence-electron chi connectivity index (χ1n) is 8.80. The molecule has 6 nitrogen and oxygen atoms in total. The molecule has 27 heavy (non-hydrogen) atoms. The van der Waals surface area contributed by atoms with E-state index in [0.717, 1.165) is 28.8 Å². The Balaban J connectivity index is 1.44. The van der Waals surface area contributed by atoms with Crippen molar-refractivity contribution in [3.63, 3.8) is 0 Å². The van der Waals surface area contributed by atoms with Gasteiger partial charge in [-0.3, -0.25) is 9.48 Å². The van der Waals surface area contributed by atoms with E-state index in [4.69, 9.17) is 23.2 Å². The molecule has 0 bridgehead atoms. The molecule has 1 N–H and O–H groups in total. The van der Waals surface area contributed by atoms with Crippen LogP contribution in [0.4, 0.5) is 5.69 Å². The standard InChI is InChI=1S/C19H19Cl2N5O/c1-3-26-11(2)14-6-12(4-5-16(14)24-26)19(27)23-13-9-25(10-13)17-7-18(21)22-8-15(17)20/h4-8,13H,3,9-10H2,1-2H3,(H,23,27). The third-order valence-electron chi connectivity index (χ3n) is 4.92. The SMILES string of the molecule is CCn1nc2ccc(C(=O)NC3CN(c4cc(Cl)ncc4Cl)C3)cc2c1C. The molecular weight excluding hydrogens is 385 g/mol. The van der Waals surface area contributed by atoms with Crippen molar-refractivity contribution in [1.82, 2.24) is 20.1 Å². The molecule has 8 heteroatoms. The van der Waals surface area contributed by atoms with Crippen LogP contribution >= 0.6 is 23.2 Å². The molecule has 1 aromatic carbocycles. The first kappa shape index (κ1) is 18.1. The molecule has 140 valence electrons. The van der Waals surface area contributed by atoms with Crippen LogP contribution in [0.2, 0.25) is 10.2 Å². The van der Waals surface area contributed by atoms with Crippen LogP contribution in [0.1, 0.15) is 23.0 Å². The zero-order valence-corrected chi connectivity index (χ0v) is 16.6. The Hall–Kier alpha value is -2.31. The highest BCUT2D eigenvalue weighted by molar-refractivity contribution is 6.34. The molecule has 0 radical (unpaired) electrons. The molecular formula is C19H19Cl2N5O. The minimum Gasteiger partial charge on any atom is -0.366 e.